The zero-order chi connectivity index (χ0) is 12.4. The smallest absolute Gasteiger partial charge is 0.239 e. The number of hydrogen-bond acceptors (Lipinski definition) is 3. The van der Waals surface area contributed by atoms with Gasteiger partial charge in [0.1, 0.15) is 12.4 Å². The Bertz CT molecular complexity index is 435. The van der Waals surface area contributed by atoms with E-state index in [2.05, 4.69) is 0 Å². The molecule has 1 amide bonds. The van der Waals surface area contributed by atoms with E-state index in [4.69, 9.17) is 22.1 Å². The highest BCUT2D eigenvalue weighted by molar-refractivity contribution is 6.30. The van der Waals surface area contributed by atoms with Crippen LogP contribution in [0, 0.1) is 0 Å². The summed E-state index contributed by atoms with van der Waals surface area (Å²) in [6.07, 6.45) is 0. The van der Waals surface area contributed by atoms with Crippen LogP contribution in [0.15, 0.2) is 18.2 Å². The number of nitrogens with two attached hydrogens (primary N) is 1. The fourth-order valence-electron chi connectivity index (χ4n) is 1.84. The van der Waals surface area contributed by atoms with Crippen LogP contribution in [0.1, 0.15) is 12.5 Å². The Labute approximate surface area is 105 Å². The van der Waals surface area contributed by atoms with Crippen LogP contribution in [-0.2, 0) is 11.3 Å². The third-order valence-corrected chi connectivity index (χ3v) is 2.94. The highest BCUT2D eigenvalue weighted by Gasteiger charge is 2.22. The lowest BCUT2D eigenvalue weighted by molar-refractivity contribution is -0.132. The molecule has 0 saturated carbocycles. The highest BCUT2D eigenvalue weighted by Crippen LogP contribution is 2.26. The predicted octanol–water partition coefficient (Wildman–Crippen LogP) is 1.41. The van der Waals surface area contributed by atoms with Crippen molar-refractivity contribution in [2.45, 2.75) is 19.5 Å². The van der Waals surface area contributed by atoms with Gasteiger partial charge in [-0.25, -0.2) is 0 Å². The van der Waals surface area contributed by atoms with Crippen molar-refractivity contribution in [3.8, 4) is 5.75 Å². The van der Waals surface area contributed by atoms with Gasteiger partial charge in [-0.2, -0.15) is 0 Å². The summed E-state index contributed by atoms with van der Waals surface area (Å²) in [6.45, 7) is 3.21. The van der Waals surface area contributed by atoms with Crippen LogP contribution in [0.2, 0.25) is 5.02 Å². The summed E-state index contributed by atoms with van der Waals surface area (Å²) in [5.74, 6) is 0.718. The first-order chi connectivity index (χ1) is 8.08. The van der Waals surface area contributed by atoms with Gasteiger partial charge in [-0.1, -0.05) is 11.6 Å². The van der Waals surface area contributed by atoms with E-state index < -0.39 is 6.04 Å². The van der Waals surface area contributed by atoms with Crippen LogP contribution in [0.4, 0.5) is 0 Å². The second-order valence-corrected chi connectivity index (χ2v) is 4.59. The molecule has 1 aromatic rings. The first-order valence-corrected chi connectivity index (χ1v) is 5.91. The largest absolute Gasteiger partial charge is 0.491 e. The number of carbonyl (C=O) groups is 1. The molecule has 2 N–H and O–H groups in total. The Hall–Kier alpha value is -1.26. The summed E-state index contributed by atoms with van der Waals surface area (Å²) in [6, 6.07) is 4.95. The Balaban J connectivity index is 2.24. The summed E-state index contributed by atoms with van der Waals surface area (Å²) >= 11 is 5.94. The third kappa shape index (κ3) is 2.70. The van der Waals surface area contributed by atoms with E-state index in [0.29, 0.717) is 24.7 Å². The number of carbonyl (C=O) groups excluding carboxylic acids is 1. The Morgan fingerprint density at radius 2 is 2.35 bits per heavy atom. The average molecular weight is 255 g/mol. The molecule has 0 aliphatic carbocycles. The predicted molar refractivity (Wildman–Crippen MR) is 66.0 cm³/mol. The molecule has 4 nitrogen and oxygen atoms in total. The molecule has 0 radical (unpaired) electrons. The molecule has 1 unspecified atom stereocenters. The topological polar surface area (TPSA) is 55.6 Å². The maximum absolute atomic E-state index is 11.9. The number of ether oxygens (including phenoxy) is 1. The Morgan fingerprint density at radius 3 is 3.06 bits per heavy atom. The van der Waals surface area contributed by atoms with Crippen molar-refractivity contribution in [3.63, 3.8) is 0 Å². The van der Waals surface area contributed by atoms with Gasteiger partial charge >= 0.3 is 0 Å². The summed E-state index contributed by atoms with van der Waals surface area (Å²) in [5, 5.41) is 0.641. The molecule has 0 bridgehead atoms. The molecule has 92 valence electrons. The third-order valence-electron chi connectivity index (χ3n) is 2.70. The second-order valence-electron chi connectivity index (χ2n) is 4.15. The maximum Gasteiger partial charge on any atom is 0.239 e. The number of fused-ring (bicyclic) bond motifs is 1. The minimum absolute atomic E-state index is 0.0681. The van der Waals surface area contributed by atoms with Gasteiger partial charge in [0.05, 0.1) is 12.6 Å². The van der Waals surface area contributed by atoms with Crippen LogP contribution < -0.4 is 10.5 Å². The number of amides is 1. The van der Waals surface area contributed by atoms with E-state index in [1.54, 1.807) is 17.9 Å². The van der Waals surface area contributed by atoms with Gasteiger partial charge in [-0.05, 0) is 25.1 Å². The maximum atomic E-state index is 11.9. The molecule has 1 atom stereocenters. The lowest BCUT2D eigenvalue weighted by Gasteiger charge is -2.21. The molecule has 1 aliphatic rings. The van der Waals surface area contributed by atoms with E-state index >= 15 is 0 Å². The molecule has 1 heterocycles. The van der Waals surface area contributed by atoms with E-state index in [9.17, 15) is 4.79 Å². The van der Waals surface area contributed by atoms with Gasteiger partial charge in [0.2, 0.25) is 5.91 Å². The van der Waals surface area contributed by atoms with Crippen molar-refractivity contribution in [3.05, 3.63) is 28.8 Å². The van der Waals surface area contributed by atoms with Crippen LogP contribution in [0.3, 0.4) is 0 Å². The molecule has 1 aliphatic heterocycles. The van der Waals surface area contributed by atoms with Crippen molar-refractivity contribution in [1.82, 2.24) is 4.90 Å². The molecular weight excluding hydrogens is 240 g/mol. The standard InChI is InChI=1S/C12H15ClN2O2/c1-8(14)12(16)15-4-5-17-11-3-2-10(13)6-9(11)7-15/h2-3,6,8H,4-5,7,14H2,1H3. The molecule has 5 heteroatoms. The van der Waals surface area contributed by atoms with E-state index in [0.717, 1.165) is 11.3 Å². The monoisotopic (exact) mass is 254 g/mol. The molecule has 0 aromatic heterocycles. The minimum Gasteiger partial charge on any atom is -0.491 e. The van der Waals surface area contributed by atoms with Crippen molar-refractivity contribution < 1.29 is 9.53 Å². The van der Waals surface area contributed by atoms with Crippen molar-refractivity contribution in [2.24, 2.45) is 5.73 Å². The van der Waals surface area contributed by atoms with Crippen LogP contribution >= 0.6 is 11.6 Å². The van der Waals surface area contributed by atoms with Gasteiger partial charge in [-0.15, -0.1) is 0 Å². The summed E-state index contributed by atoms with van der Waals surface area (Å²) < 4.78 is 5.57. The second kappa shape index (κ2) is 4.94. The average Bonchev–Trinajstić information content (AvgIpc) is 2.49. The molecule has 17 heavy (non-hydrogen) atoms. The van der Waals surface area contributed by atoms with Gasteiger partial charge < -0.3 is 15.4 Å². The molecule has 0 fully saturated rings. The number of benzene rings is 1. The zero-order valence-electron chi connectivity index (χ0n) is 9.65. The molecular formula is C12H15ClN2O2. The lowest BCUT2D eigenvalue weighted by atomic mass is 10.2. The normalized spacial score (nSPS) is 16.8. The van der Waals surface area contributed by atoms with Crippen LogP contribution in [0.5, 0.6) is 5.75 Å². The highest BCUT2D eigenvalue weighted by atomic mass is 35.5. The van der Waals surface area contributed by atoms with E-state index in [-0.39, 0.29) is 5.91 Å². The van der Waals surface area contributed by atoms with Crippen LogP contribution in [-0.4, -0.2) is 30.0 Å². The Morgan fingerprint density at radius 1 is 1.59 bits per heavy atom. The van der Waals surface area contributed by atoms with E-state index in [1.807, 2.05) is 12.1 Å². The fraction of sp³-hybridized carbons (Fsp3) is 0.417. The molecule has 0 saturated heterocycles. The fourth-order valence-corrected chi connectivity index (χ4v) is 2.03. The molecule has 2 rings (SSSR count). The number of rotatable bonds is 1. The van der Waals surface area contributed by atoms with Crippen molar-refractivity contribution in [1.29, 1.82) is 0 Å². The van der Waals surface area contributed by atoms with Crippen molar-refractivity contribution in [2.75, 3.05) is 13.2 Å². The Kier molecular flexibility index (Phi) is 3.54. The summed E-state index contributed by atoms with van der Waals surface area (Å²) in [5.41, 5.74) is 6.53. The van der Waals surface area contributed by atoms with Gasteiger partial charge in [0, 0.05) is 17.1 Å². The molecule has 1 aromatic carbocycles. The number of halogens is 1. The first kappa shape index (κ1) is 12.2. The first-order valence-electron chi connectivity index (χ1n) is 5.53. The SMILES string of the molecule is CC(N)C(=O)N1CCOc2ccc(Cl)cc2C1. The minimum atomic E-state index is -0.490. The lowest BCUT2D eigenvalue weighted by Crippen LogP contribution is -2.42. The van der Waals surface area contributed by atoms with Gasteiger partial charge in [-0.3, -0.25) is 4.79 Å². The van der Waals surface area contributed by atoms with Gasteiger partial charge in [0.15, 0.2) is 0 Å². The van der Waals surface area contributed by atoms with Crippen molar-refractivity contribution >= 4 is 17.5 Å². The summed E-state index contributed by atoms with van der Waals surface area (Å²) in [7, 11) is 0. The molecule has 0 spiro atoms. The number of hydrogen-bond donors (Lipinski definition) is 1. The summed E-state index contributed by atoms with van der Waals surface area (Å²) in [4.78, 5) is 13.6. The van der Waals surface area contributed by atoms with E-state index in [1.165, 1.54) is 0 Å². The zero-order valence-corrected chi connectivity index (χ0v) is 10.4. The number of nitrogens with zero attached hydrogens (tertiary/aromatic N) is 1. The van der Waals surface area contributed by atoms with Gasteiger partial charge in [0.25, 0.3) is 0 Å². The van der Waals surface area contributed by atoms with Crippen LogP contribution in [0.25, 0.3) is 0 Å². The quantitative estimate of drug-likeness (QED) is 0.824.